The van der Waals surface area contributed by atoms with Crippen molar-refractivity contribution in [2.75, 3.05) is 25.0 Å². The Bertz CT molecular complexity index is 662. The smallest absolute Gasteiger partial charge is 0.272 e. The molecule has 126 valence electrons. The summed E-state index contributed by atoms with van der Waals surface area (Å²) in [5, 5.41) is 3.28. The maximum Gasteiger partial charge on any atom is 0.272 e. The second-order valence-electron chi connectivity index (χ2n) is 5.87. The number of aromatic nitrogens is 1. The fourth-order valence-corrected chi connectivity index (χ4v) is 2.82. The number of hydrogen-bond donors (Lipinski definition) is 1. The predicted octanol–water partition coefficient (Wildman–Crippen LogP) is 3.85. The van der Waals surface area contributed by atoms with Crippen LogP contribution in [0.3, 0.4) is 0 Å². The van der Waals surface area contributed by atoms with Crippen molar-refractivity contribution in [2.45, 2.75) is 26.2 Å². The summed E-state index contributed by atoms with van der Waals surface area (Å²) in [7, 11) is 0. The van der Waals surface area contributed by atoms with Crippen LogP contribution in [0.1, 0.15) is 36.7 Å². The molecule has 3 rings (SSSR count). The van der Waals surface area contributed by atoms with Crippen LogP contribution in [0.2, 0.25) is 0 Å². The van der Waals surface area contributed by atoms with Crippen LogP contribution in [0.15, 0.2) is 42.6 Å². The molecule has 1 aromatic carbocycles. The highest BCUT2D eigenvalue weighted by atomic mass is 16.5. The number of ether oxygens (including phenoxy) is 1. The highest BCUT2D eigenvalue weighted by Crippen LogP contribution is 2.20. The van der Waals surface area contributed by atoms with Crippen molar-refractivity contribution in [3.8, 4) is 5.75 Å². The predicted molar refractivity (Wildman–Crippen MR) is 94.9 cm³/mol. The number of amides is 1. The van der Waals surface area contributed by atoms with Gasteiger partial charge in [0.05, 0.1) is 18.5 Å². The van der Waals surface area contributed by atoms with Gasteiger partial charge in [-0.3, -0.25) is 4.79 Å². The van der Waals surface area contributed by atoms with E-state index < -0.39 is 0 Å². The average Bonchev–Trinajstić information content (AvgIpc) is 2.64. The van der Waals surface area contributed by atoms with Gasteiger partial charge in [0.2, 0.25) is 0 Å². The molecule has 5 heteroatoms. The van der Waals surface area contributed by atoms with E-state index in [9.17, 15) is 4.79 Å². The van der Waals surface area contributed by atoms with E-state index in [0.717, 1.165) is 43.1 Å². The number of nitrogens with one attached hydrogen (secondary N) is 1. The molecule has 2 heterocycles. The molecule has 24 heavy (non-hydrogen) atoms. The lowest BCUT2D eigenvalue weighted by molar-refractivity contribution is 0.0718. The molecule has 1 aliphatic heterocycles. The van der Waals surface area contributed by atoms with E-state index in [1.807, 2.05) is 42.2 Å². The Balaban J connectivity index is 1.62. The zero-order chi connectivity index (χ0) is 16.8. The molecule has 1 aromatic heterocycles. The lowest BCUT2D eigenvalue weighted by Gasteiger charge is -2.26. The van der Waals surface area contributed by atoms with E-state index in [1.165, 1.54) is 6.42 Å². The Hall–Kier alpha value is -2.56. The number of nitrogens with zero attached hydrogens (tertiary/aromatic N) is 2. The highest BCUT2D eigenvalue weighted by Gasteiger charge is 2.18. The van der Waals surface area contributed by atoms with Crippen LogP contribution in [0.25, 0.3) is 0 Å². The number of rotatable bonds is 5. The summed E-state index contributed by atoms with van der Waals surface area (Å²) in [5.41, 5.74) is 2.32. The van der Waals surface area contributed by atoms with Gasteiger partial charge < -0.3 is 15.0 Å². The van der Waals surface area contributed by atoms with Crippen molar-refractivity contribution in [3.63, 3.8) is 0 Å². The van der Waals surface area contributed by atoms with Crippen LogP contribution in [0.4, 0.5) is 11.4 Å². The average molecular weight is 325 g/mol. The van der Waals surface area contributed by atoms with Gasteiger partial charge in [0, 0.05) is 18.8 Å². The first-order valence-corrected chi connectivity index (χ1v) is 8.51. The number of carbonyl (C=O) groups excluding carboxylic acids is 1. The first kappa shape index (κ1) is 16.3. The molecule has 0 unspecified atom stereocenters. The number of benzene rings is 1. The second-order valence-corrected chi connectivity index (χ2v) is 5.87. The minimum atomic E-state index is 0.0299. The quantitative estimate of drug-likeness (QED) is 0.907. The number of hydrogen-bond acceptors (Lipinski definition) is 4. The molecule has 5 nitrogen and oxygen atoms in total. The summed E-state index contributed by atoms with van der Waals surface area (Å²) in [6.07, 6.45) is 5.09. The van der Waals surface area contributed by atoms with Crippen molar-refractivity contribution in [1.82, 2.24) is 9.88 Å². The van der Waals surface area contributed by atoms with E-state index >= 15 is 0 Å². The Morgan fingerprint density at radius 2 is 1.79 bits per heavy atom. The van der Waals surface area contributed by atoms with Crippen molar-refractivity contribution in [2.24, 2.45) is 0 Å². The number of anilines is 2. The lowest BCUT2D eigenvalue weighted by atomic mass is 10.1. The van der Waals surface area contributed by atoms with E-state index in [1.54, 1.807) is 12.3 Å². The van der Waals surface area contributed by atoms with Gasteiger partial charge in [0.15, 0.2) is 0 Å². The molecule has 0 spiro atoms. The molecule has 1 amide bonds. The van der Waals surface area contributed by atoms with Gasteiger partial charge >= 0.3 is 0 Å². The summed E-state index contributed by atoms with van der Waals surface area (Å²) in [6.45, 7) is 4.30. The van der Waals surface area contributed by atoms with Gasteiger partial charge in [-0.2, -0.15) is 0 Å². The van der Waals surface area contributed by atoms with Crippen molar-refractivity contribution >= 4 is 17.3 Å². The fraction of sp³-hybridized carbons (Fsp3) is 0.368. The summed E-state index contributed by atoms with van der Waals surface area (Å²) in [4.78, 5) is 18.6. The third-order valence-corrected chi connectivity index (χ3v) is 4.08. The molecular weight excluding hydrogens is 302 g/mol. The second kappa shape index (κ2) is 7.81. The maximum atomic E-state index is 12.4. The van der Waals surface area contributed by atoms with Gasteiger partial charge in [-0.05, 0) is 62.6 Å². The van der Waals surface area contributed by atoms with Crippen LogP contribution in [0, 0.1) is 0 Å². The van der Waals surface area contributed by atoms with Crippen LogP contribution in [0.5, 0.6) is 5.75 Å². The maximum absolute atomic E-state index is 12.4. The summed E-state index contributed by atoms with van der Waals surface area (Å²) >= 11 is 0. The third-order valence-electron chi connectivity index (χ3n) is 4.08. The fourth-order valence-electron chi connectivity index (χ4n) is 2.82. The van der Waals surface area contributed by atoms with Crippen LogP contribution in [-0.2, 0) is 0 Å². The molecule has 1 fully saturated rings. The van der Waals surface area contributed by atoms with Gasteiger partial charge in [0.25, 0.3) is 5.91 Å². The van der Waals surface area contributed by atoms with Crippen LogP contribution in [-0.4, -0.2) is 35.5 Å². The van der Waals surface area contributed by atoms with Gasteiger partial charge in [-0.25, -0.2) is 4.98 Å². The van der Waals surface area contributed by atoms with Gasteiger partial charge in [0.1, 0.15) is 11.4 Å². The topological polar surface area (TPSA) is 54.5 Å². The highest BCUT2D eigenvalue weighted by molar-refractivity contribution is 5.92. The van der Waals surface area contributed by atoms with Crippen molar-refractivity contribution in [1.29, 1.82) is 0 Å². The van der Waals surface area contributed by atoms with Crippen molar-refractivity contribution < 1.29 is 9.53 Å². The molecule has 1 saturated heterocycles. The zero-order valence-corrected chi connectivity index (χ0v) is 14.0. The SMILES string of the molecule is CCOc1ccc(Nc2ccc(C(=O)N3CCCCC3)nc2)cc1. The minimum Gasteiger partial charge on any atom is -0.494 e. The first-order valence-electron chi connectivity index (χ1n) is 8.51. The molecule has 0 aliphatic carbocycles. The van der Waals surface area contributed by atoms with E-state index in [0.29, 0.717) is 12.3 Å². The Kier molecular flexibility index (Phi) is 5.31. The van der Waals surface area contributed by atoms with E-state index in [4.69, 9.17) is 4.74 Å². The summed E-state index contributed by atoms with van der Waals surface area (Å²) in [5.74, 6) is 0.881. The van der Waals surface area contributed by atoms with Crippen LogP contribution < -0.4 is 10.1 Å². The Labute approximate surface area is 142 Å². The number of likely N-dealkylation sites (tertiary alicyclic amines) is 1. The summed E-state index contributed by atoms with van der Waals surface area (Å²) < 4.78 is 5.43. The van der Waals surface area contributed by atoms with Gasteiger partial charge in [-0.1, -0.05) is 0 Å². The molecule has 1 N–H and O–H groups in total. The Morgan fingerprint density at radius 3 is 2.42 bits per heavy atom. The van der Waals surface area contributed by atoms with E-state index in [2.05, 4.69) is 10.3 Å². The first-order chi connectivity index (χ1) is 11.8. The zero-order valence-electron chi connectivity index (χ0n) is 14.0. The standard InChI is InChI=1S/C19H23N3O2/c1-2-24-17-9-6-15(7-10-17)21-16-8-11-18(20-14-16)19(23)22-12-4-3-5-13-22/h6-11,14,21H,2-5,12-13H2,1H3. The largest absolute Gasteiger partial charge is 0.494 e. The molecule has 0 bridgehead atoms. The Morgan fingerprint density at radius 1 is 1.08 bits per heavy atom. The van der Waals surface area contributed by atoms with Crippen LogP contribution >= 0.6 is 0 Å². The lowest BCUT2D eigenvalue weighted by Crippen LogP contribution is -2.36. The molecule has 0 saturated carbocycles. The van der Waals surface area contributed by atoms with Gasteiger partial charge in [-0.15, -0.1) is 0 Å². The molecule has 0 atom stereocenters. The molecule has 2 aromatic rings. The normalized spacial score (nSPS) is 14.3. The number of piperidine rings is 1. The van der Waals surface area contributed by atoms with Crippen molar-refractivity contribution in [3.05, 3.63) is 48.3 Å². The van der Waals surface area contributed by atoms with E-state index in [-0.39, 0.29) is 5.91 Å². The number of carbonyl (C=O) groups is 1. The monoisotopic (exact) mass is 325 g/mol. The molecule has 1 aliphatic rings. The molecule has 0 radical (unpaired) electrons. The minimum absolute atomic E-state index is 0.0299. The third kappa shape index (κ3) is 4.04. The summed E-state index contributed by atoms with van der Waals surface area (Å²) in [6, 6.07) is 11.4. The molecular formula is C19H23N3O2. The number of pyridine rings is 1.